The van der Waals surface area contributed by atoms with E-state index in [2.05, 4.69) is 4.99 Å². The van der Waals surface area contributed by atoms with E-state index in [-0.39, 0.29) is 48.6 Å². The Morgan fingerprint density at radius 1 is 1.10 bits per heavy atom. The molecule has 6 atom stereocenters. The Labute approximate surface area is 279 Å². The zero-order valence-electron chi connectivity index (χ0n) is 27.5. The third-order valence-corrected chi connectivity index (χ3v) is 7.28. The number of nitrogens with two attached hydrogens (primary N) is 3. The van der Waals surface area contributed by atoms with Gasteiger partial charge >= 0.3 is 18.1 Å². The van der Waals surface area contributed by atoms with Crippen molar-refractivity contribution in [1.82, 2.24) is 0 Å². The normalized spacial score (nSPS) is 20.7. The van der Waals surface area contributed by atoms with Crippen molar-refractivity contribution in [2.24, 2.45) is 34.0 Å². The van der Waals surface area contributed by atoms with Gasteiger partial charge in [-0.3, -0.25) is 14.6 Å². The number of esters is 1. The highest BCUT2D eigenvalue weighted by Crippen LogP contribution is 2.36. The second-order valence-corrected chi connectivity index (χ2v) is 11.8. The van der Waals surface area contributed by atoms with Gasteiger partial charge in [-0.25, -0.2) is 0 Å². The summed E-state index contributed by atoms with van der Waals surface area (Å²) >= 11 is 0. The summed E-state index contributed by atoms with van der Waals surface area (Å²) in [5.74, 6) is -1.80. The van der Waals surface area contributed by atoms with Crippen LogP contribution in [0.1, 0.15) is 70.8 Å². The number of carboxylic acids is 1. The molecule has 12 nitrogen and oxygen atoms in total. The maximum Gasteiger partial charge on any atom is 0.416 e. The van der Waals surface area contributed by atoms with Crippen molar-refractivity contribution in [3.05, 3.63) is 54.1 Å². The number of aliphatic hydroxyl groups is 3. The number of rotatable bonds is 18. The summed E-state index contributed by atoms with van der Waals surface area (Å²) in [4.78, 5) is 25.6. The fourth-order valence-corrected chi connectivity index (χ4v) is 4.83. The molecular formula is C33H51F3N4O8. The second-order valence-electron chi connectivity index (χ2n) is 11.8. The molecule has 0 heterocycles. The van der Waals surface area contributed by atoms with Crippen LogP contribution in [0, 0.1) is 11.8 Å². The number of carbonyl (C=O) groups is 2. The van der Waals surface area contributed by atoms with Gasteiger partial charge in [-0.1, -0.05) is 30.4 Å². The van der Waals surface area contributed by atoms with Crippen LogP contribution in [0.2, 0.25) is 0 Å². The molecular weight excluding hydrogens is 637 g/mol. The number of alkyl halides is 3. The first-order chi connectivity index (χ1) is 22.5. The van der Waals surface area contributed by atoms with E-state index < -0.39 is 42.1 Å². The van der Waals surface area contributed by atoms with Crippen LogP contribution >= 0.6 is 0 Å². The SMILES string of the molecule is CC(C)OC(=O)CCC/C=C\C[C@@H]1[C@@H](/C=C/[C@@H](O)COc2cccc(C(F)(F)F)c2)[C@H](O)C[C@@H]1O.NC(N)=NCCCC[C@H](N)C(=O)O. The van der Waals surface area contributed by atoms with Crippen molar-refractivity contribution in [2.75, 3.05) is 13.2 Å². The lowest BCUT2D eigenvalue weighted by Gasteiger charge is -2.19. The standard InChI is InChI=1S/C26H35F3O6.C7H16N4O2/c1-17(2)35-25(33)11-6-4-3-5-10-21-22(24(32)15-23(21)31)13-12-19(30)16-34-20-9-7-8-18(14-20)26(27,28)29;8-5(6(12)13)3-1-2-4-11-7(9)10/h3,5,7-9,12-14,17,19,21-24,30-32H,4,6,10-11,15-16H2,1-2H3;5H,1-4,8H2,(H,12,13)(H4,9,10,11)/b5-3-,13-12+;/t19-,21-,22-,23+,24-;5-/m10/s1. The molecule has 0 amide bonds. The van der Waals surface area contributed by atoms with Crippen LogP contribution in [0.5, 0.6) is 5.75 Å². The minimum atomic E-state index is -4.49. The minimum absolute atomic E-state index is 0.0101. The lowest BCUT2D eigenvalue weighted by molar-refractivity contribution is -0.147. The molecule has 1 aliphatic rings. The van der Waals surface area contributed by atoms with E-state index in [1.807, 2.05) is 12.2 Å². The topological polar surface area (TPSA) is 224 Å². The lowest BCUT2D eigenvalue weighted by Crippen LogP contribution is -2.29. The van der Waals surface area contributed by atoms with Crippen LogP contribution in [0.25, 0.3) is 0 Å². The number of aliphatic hydroxyl groups excluding tert-OH is 3. The van der Waals surface area contributed by atoms with Gasteiger partial charge in [0.1, 0.15) is 24.5 Å². The fourth-order valence-electron chi connectivity index (χ4n) is 4.83. The summed E-state index contributed by atoms with van der Waals surface area (Å²) < 4.78 is 48.8. The molecule has 10 N–H and O–H groups in total. The highest BCUT2D eigenvalue weighted by molar-refractivity contribution is 5.75. The first kappa shape index (κ1) is 42.4. The predicted octanol–water partition coefficient (Wildman–Crippen LogP) is 3.27. The number of ether oxygens (including phenoxy) is 2. The third-order valence-electron chi connectivity index (χ3n) is 7.28. The van der Waals surface area contributed by atoms with Gasteiger partial charge in [0.2, 0.25) is 0 Å². The highest BCUT2D eigenvalue weighted by atomic mass is 19.4. The van der Waals surface area contributed by atoms with E-state index in [1.54, 1.807) is 19.9 Å². The highest BCUT2D eigenvalue weighted by Gasteiger charge is 2.39. The number of carbonyl (C=O) groups excluding carboxylic acids is 1. The number of aliphatic carboxylic acids is 1. The van der Waals surface area contributed by atoms with Crippen LogP contribution in [0.15, 0.2) is 53.6 Å². The van der Waals surface area contributed by atoms with E-state index in [0.29, 0.717) is 45.1 Å². The number of guanidine groups is 1. The van der Waals surface area contributed by atoms with Gasteiger partial charge < -0.3 is 47.1 Å². The van der Waals surface area contributed by atoms with Crippen LogP contribution in [0.4, 0.5) is 13.2 Å². The first-order valence-corrected chi connectivity index (χ1v) is 15.9. The maximum absolute atomic E-state index is 12.8. The van der Waals surface area contributed by atoms with Gasteiger partial charge in [0.15, 0.2) is 5.96 Å². The van der Waals surface area contributed by atoms with Gasteiger partial charge in [-0.15, -0.1) is 0 Å². The van der Waals surface area contributed by atoms with Gasteiger partial charge in [0.05, 0.1) is 23.9 Å². The smallest absolute Gasteiger partial charge is 0.416 e. The number of allylic oxidation sites excluding steroid dienone is 2. The molecule has 0 aliphatic heterocycles. The fraction of sp³-hybridized carbons (Fsp3) is 0.606. The number of hydrogen-bond acceptors (Lipinski definition) is 9. The second kappa shape index (κ2) is 22.1. The van der Waals surface area contributed by atoms with E-state index >= 15 is 0 Å². The molecule has 0 saturated heterocycles. The Morgan fingerprint density at radius 2 is 1.81 bits per heavy atom. The Bertz CT molecular complexity index is 1190. The average Bonchev–Trinajstić information content (AvgIpc) is 3.27. The van der Waals surface area contributed by atoms with Crippen molar-refractivity contribution >= 4 is 17.9 Å². The first-order valence-electron chi connectivity index (χ1n) is 15.9. The predicted molar refractivity (Wildman–Crippen MR) is 175 cm³/mol. The van der Waals surface area contributed by atoms with Crippen LogP contribution < -0.4 is 21.9 Å². The van der Waals surface area contributed by atoms with Gasteiger partial charge in [0, 0.05) is 25.3 Å². The molecule has 0 bridgehead atoms. The average molecular weight is 689 g/mol. The quantitative estimate of drug-likeness (QED) is 0.0390. The number of carboxylic acid groups (broad SMARTS) is 1. The van der Waals surface area contributed by atoms with Crippen molar-refractivity contribution in [1.29, 1.82) is 0 Å². The van der Waals surface area contributed by atoms with Crippen molar-refractivity contribution in [3.8, 4) is 5.75 Å². The molecule has 48 heavy (non-hydrogen) atoms. The molecule has 0 aromatic heterocycles. The Morgan fingerprint density at radius 3 is 2.44 bits per heavy atom. The largest absolute Gasteiger partial charge is 0.491 e. The zero-order chi connectivity index (χ0) is 36.3. The minimum Gasteiger partial charge on any atom is -0.491 e. The molecule has 272 valence electrons. The molecule has 0 unspecified atom stereocenters. The summed E-state index contributed by atoms with van der Waals surface area (Å²) in [5, 5.41) is 39.3. The van der Waals surface area contributed by atoms with Crippen LogP contribution in [0.3, 0.4) is 0 Å². The Balaban J connectivity index is 0.000000747. The van der Waals surface area contributed by atoms with E-state index in [0.717, 1.165) is 18.6 Å². The number of nitrogens with zero attached hydrogens (tertiary/aromatic N) is 1. The van der Waals surface area contributed by atoms with Gasteiger partial charge in [-0.2, -0.15) is 13.2 Å². The van der Waals surface area contributed by atoms with Crippen molar-refractivity contribution in [2.45, 2.75) is 102 Å². The van der Waals surface area contributed by atoms with E-state index in [9.17, 15) is 38.1 Å². The van der Waals surface area contributed by atoms with Crippen molar-refractivity contribution in [3.63, 3.8) is 0 Å². The van der Waals surface area contributed by atoms with E-state index in [1.165, 1.54) is 18.2 Å². The molecule has 1 saturated carbocycles. The summed E-state index contributed by atoms with van der Waals surface area (Å²) in [6.45, 7) is 3.86. The third kappa shape index (κ3) is 18.0. The van der Waals surface area contributed by atoms with Crippen LogP contribution in [-0.2, 0) is 20.5 Å². The monoisotopic (exact) mass is 688 g/mol. The number of hydrogen-bond donors (Lipinski definition) is 7. The molecule has 1 aromatic rings. The Hall–Kier alpha value is -3.66. The number of benzene rings is 1. The molecule has 1 aromatic carbocycles. The lowest BCUT2D eigenvalue weighted by atomic mass is 9.89. The van der Waals surface area contributed by atoms with E-state index in [4.69, 9.17) is 31.8 Å². The number of aliphatic imine (C=N–C) groups is 1. The molecule has 0 spiro atoms. The number of halogens is 3. The van der Waals surface area contributed by atoms with Gasteiger partial charge in [-0.05, 0) is 76.5 Å². The number of unbranched alkanes of at least 4 members (excludes halogenated alkanes) is 2. The summed E-state index contributed by atoms with van der Waals surface area (Å²) in [5.41, 5.74) is 14.6. The van der Waals surface area contributed by atoms with Crippen molar-refractivity contribution < 1.29 is 52.7 Å². The molecule has 15 heteroatoms. The zero-order valence-corrected chi connectivity index (χ0v) is 27.5. The Kier molecular flexibility index (Phi) is 19.5. The van der Waals surface area contributed by atoms with Crippen LogP contribution in [-0.4, -0.2) is 81.9 Å². The van der Waals surface area contributed by atoms with Gasteiger partial charge in [0.25, 0.3) is 0 Å². The summed E-state index contributed by atoms with van der Waals surface area (Å²) in [7, 11) is 0. The molecule has 0 radical (unpaired) electrons. The molecule has 1 aliphatic carbocycles. The molecule has 1 fully saturated rings. The molecule has 2 rings (SSSR count). The summed E-state index contributed by atoms with van der Waals surface area (Å²) in [6, 6.07) is 3.62. The maximum atomic E-state index is 12.8. The summed E-state index contributed by atoms with van der Waals surface area (Å²) in [6.07, 6.45) is 4.00.